The molecule has 0 fully saturated rings. The van der Waals surface area contributed by atoms with Crippen molar-refractivity contribution in [3.63, 3.8) is 0 Å². The molecular formula is C16H25N5. The molecule has 0 bridgehead atoms. The monoisotopic (exact) mass is 287 g/mol. The Morgan fingerprint density at radius 1 is 1.19 bits per heavy atom. The maximum atomic E-state index is 6.01. The smallest absolute Gasteiger partial charge is 0.182 e. The summed E-state index contributed by atoms with van der Waals surface area (Å²) in [7, 11) is 0. The van der Waals surface area contributed by atoms with Crippen molar-refractivity contribution in [2.75, 3.05) is 5.73 Å². The molecule has 0 saturated carbocycles. The zero-order valence-corrected chi connectivity index (χ0v) is 13.2. The van der Waals surface area contributed by atoms with Crippen LogP contribution < -0.4 is 5.73 Å². The van der Waals surface area contributed by atoms with Crippen LogP contribution in [0.2, 0.25) is 0 Å². The molecule has 1 aromatic carbocycles. The van der Waals surface area contributed by atoms with E-state index in [0.29, 0.717) is 6.04 Å². The summed E-state index contributed by atoms with van der Waals surface area (Å²) in [6, 6.07) is 6.27. The molecule has 0 aliphatic carbocycles. The van der Waals surface area contributed by atoms with Gasteiger partial charge >= 0.3 is 0 Å². The molecule has 1 atom stereocenters. The highest BCUT2D eigenvalue weighted by molar-refractivity contribution is 5.67. The highest BCUT2D eigenvalue weighted by atomic mass is 15.5. The van der Waals surface area contributed by atoms with Crippen LogP contribution in [0.3, 0.4) is 0 Å². The summed E-state index contributed by atoms with van der Waals surface area (Å²) in [5, 5.41) is 12.4. The van der Waals surface area contributed by atoms with E-state index < -0.39 is 0 Å². The van der Waals surface area contributed by atoms with Gasteiger partial charge in [0.2, 0.25) is 0 Å². The summed E-state index contributed by atoms with van der Waals surface area (Å²) in [5.74, 6) is 0.828. The largest absolute Gasteiger partial charge is 0.398 e. The summed E-state index contributed by atoms with van der Waals surface area (Å²) in [6.07, 6.45) is 5.72. The standard InChI is InChI=1S/C16H25N5/c1-4-6-9-13(8-5-2)21-16(18-19-20-21)14-10-7-11-15(17)12(14)3/h7,10-11,13H,4-6,8-9,17H2,1-3H3. The number of hydrogen-bond donors (Lipinski definition) is 1. The van der Waals surface area contributed by atoms with Gasteiger partial charge in [0.15, 0.2) is 5.82 Å². The first-order chi connectivity index (χ1) is 10.2. The number of tetrazole rings is 1. The Labute approximate surface area is 126 Å². The zero-order chi connectivity index (χ0) is 15.2. The molecule has 1 aromatic heterocycles. The minimum absolute atomic E-state index is 0.362. The minimum atomic E-state index is 0.362. The van der Waals surface area contributed by atoms with Crippen LogP contribution in [0.1, 0.15) is 57.6 Å². The molecule has 0 radical (unpaired) electrons. The number of anilines is 1. The molecule has 2 aromatic rings. The third-order valence-corrected chi connectivity index (χ3v) is 3.97. The van der Waals surface area contributed by atoms with E-state index in [1.807, 2.05) is 29.8 Å². The molecule has 0 amide bonds. The Kier molecular flexibility index (Phi) is 5.31. The summed E-state index contributed by atoms with van der Waals surface area (Å²) < 4.78 is 1.99. The van der Waals surface area contributed by atoms with Crippen LogP contribution in [0, 0.1) is 6.92 Å². The lowest BCUT2D eigenvalue weighted by Crippen LogP contribution is -2.13. The number of hydrogen-bond acceptors (Lipinski definition) is 4. The SMILES string of the molecule is CCCCC(CCC)n1nnnc1-c1cccc(N)c1C. The number of aromatic nitrogens is 4. The first-order valence-corrected chi connectivity index (χ1v) is 7.82. The van der Waals surface area contributed by atoms with Crippen LogP contribution in [0.5, 0.6) is 0 Å². The van der Waals surface area contributed by atoms with Crippen LogP contribution in [-0.4, -0.2) is 20.2 Å². The predicted octanol–water partition coefficient (Wildman–Crippen LogP) is 3.76. The molecule has 21 heavy (non-hydrogen) atoms. The van der Waals surface area contributed by atoms with Gasteiger partial charge in [0, 0.05) is 11.3 Å². The number of benzene rings is 1. The maximum absolute atomic E-state index is 6.01. The van der Waals surface area contributed by atoms with Gasteiger partial charge in [0.05, 0.1) is 6.04 Å². The Morgan fingerprint density at radius 2 is 2.00 bits per heavy atom. The average molecular weight is 287 g/mol. The van der Waals surface area contributed by atoms with Crippen LogP contribution >= 0.6 is 0 Å². The molecule has 2 rings (SSSR count). The lowest BCUT2D eigenvalue weighted by molar-refractivity contribution is 0.380. The highest BCUT2D eigenvalue weighted by Gasteiger charge is 2.19. The van der Waals surface area contributed by atoms with E-state index in [9.17, 15) is 0 Å². The van der Waals surface area contributed by atoms with Crippen LogP contribution in [0.4, 0.5) is 5.69 Å². The fourth-order valence-electron chi connectivity index (χ4n) is 2.67. The lowest BCUT2D eigenvalue weighted by Gasteiger charge is -2.18. The molecule has 0 saturated heterocycles. The lowest BCUT2D eigenvalue weighted by atomic mass is 10.0. The second-order valence-electron chi connectivity index (χ2n) is 5.55. The van der Waals surface area contributed by atoms with Crippen molar-refractivity contribution in [3.05, 3.63) is 23.8 Å². The number of rotatable bonds is 7. The summed E-state index contributed by atoms with van der Waals surface area (Å²) in [5.41, 5.74) is 8.86. The van der Waals surface area contributed by atoms with Gasteiger partial charge in [-0.15, -0.1) is 5.10 Å². The van der Waals surface area contributed by atoms with E-state index in [1.165, 1.54) is 12.8 Å². The van der Waals surface area contributed by atoms with E-state index >= 15 is 0 Å². The third kappa shape index (κ3) is 3.40. The van der Waals surface area contributed by atoms with E-state index in [-0.39, 0.29) is 0 Å². The highest BCUT2D eigenvalue weighted by Crippen LogP contribution is 2.29. The quantitative estimate of drug-likeness (QED) is 0.787. The van der Waals surface area contributed by atoms with Crippen molar-refractivity contribution in [3.8, 4) is 11.4 Å². The topological polar surface area (TPSA) is 69.6 Å². The molecule has 114 valence electrons. The van der Waals surface area contributed by atoms with Gasteiger partial charge in [-0.25, -0.2) is 4.68 Å². The number of nitrogens with two attached hydrogens (primary N) is 1. The summed E-state index contributed by atoms with van der Waals surface area (Å²) in [4.78, 5) is 0. The molecule has 0 aliphatic rings. The summed E-state index contributed by atoms with van der Waals surface area (Å²) in [6.45, 7) is 6.44. The normalized spacial score (nSPS) is 12.5. The van der Waals surface area contributed by atoms with Crippen LogP contribution in [0.25, 0.3) is 11.4 Å². The second kappa shape index (κ2) is 7.20. The van der Waals surface area contributed by atoms with Crippen molar-refractivity contribution in [2.45, 2.75) is 58.9 Å². The Bertz CT molecular complexity index is 576. The fraction of sp³-hybridized carbons (Fsp3) is 0.562. The predicted molar refractivity (Wildman–Crippen MR) is 85.9 cm³/mol. The number of nitrogen functional groups attached to an aromatic ring is 1. The molecule has 1 unspecified atom stereocenters. The van der Waals surface area contributed by atoms with Crippen LogP contribution in [0.15, 0.2) is 18.2 Å². The van der Waals surface area contributed by atoms with Gasteiger partial charge in [-0.05, 0) is 41.8 Å². The minimum Gasteiger partial charge on any atom is -0.398 e. The van der Waals surface area contributed by atoms with Crippen molar-refractivity contribution >= 4 is 5.69 Å². The fourth-order valence-corrected chi connectivity index (χ4v) is 2.67. The van der Waals surface area contributed by atoms with Gasteiger partial charge in [-0.2, -0.15) is 0 Å². The summed E-state index contributed by atoms with van der Waals surface area (Å²) >= 11 is 0. The van der Waals surface area contributed by atoms with Gasteiger partial charge < -0.3 is 5.73 Å². The molecule has 0 spiro atoms. The van der Waals surface area contributed by atoms with Gasteiger partial charge in [-0.1, -0.05) is 45.2 Å². The second-order valence-corrected chi connectivity index (χ2v) is 5.55. The molecule has 2 N–H and O–H groups in total. The number of unbranched alkanes of at least 4 members (excludes halogenated alkanes) is 1. The van der Waals surface area contributed by atoms with Crippen molar-refractivity contribution in [2.24, 2.45) is 0 Å². The van der Waals surface area contributed by atoms with E-state index in [2.05, 4.69) is 29.4 Å². The van der Waals surface area contributed by atoms with E-state index in [1.54, 1.807) is 0 Å². The zero-order valence-electron chi connectivity index (χ0n) is 13.2. The Morgan fingerprint density at radius 3 is 2.71 bits per heavy atom. The Hall–Kier alpha value is -1.91. The maximum Gasteiger partial charge on any atom is 0.182 e. The molecule has 1 heterocycles. The third-order valence-electron chi connectivity index (χ3n) is 3.97. The van der Waals surface area contributed by atoms with E-state index in [0.717, 1.165) is 41.9 Å². The van der Waals surface area contributed by atoms with Crippen LogP contribution in [-0.2, 0) is 0 Å². The van der Waals surface area contributed by atoms with Crippen molar-refractivity contribution in [1.29, 1.82) is 0 Å². The van der Waals surface area contributed by atoms with Gasteiger partial charge in [0.1, 0.15) is 0 Å². The first kappa shape index (κ1) is 15.5. The molecule has 5 nitrogen and oxygen atoms in total. The van der Waals surface area contributed by atoms with Crippen molar-refractivity contribution < 1.29 is 0 Å². The average Bonchev–Trinajstić information content (AvgIpc) is 2.95. The first-order valence-electron chi connectivity index (χ1n) is 7.82. The van der Waals surface area contributed by atoms with Crippen molar-refractivity contribution in [1.82, 2.24) is 20.2 Å². The Balaban J connectivity index is 2.38. The van der Waals surface area contributed by atoms with Gasteiger partial charge in [0.25, 0.3) is 0 Å². The number of nitrogens with zero attached hydrogens (tertiary/aromatic N) is 4. The molecule has 0 aliphatic heterocycles. The molecule has 5 heteroatoms. The van der Waals surface area contributed by atoms with E-state index in [4.69, 9.17) is 5.73 Å². The van der Waals surface area contributed by atoms with Gasteiger partial charge in [-0.3, -0.25) is 0 Å². The molecular weight excluding hydrogens is 262 g/mol.